The van der Waals surface area contributed by atoms with Gasteiger partial charge in [0, 0.05) is 22.7 Å². The summed E-state index contributed by atoms with van der Waals surface area (Å²) in [6.45, 7) is 0.576. The van der Waals surface area contributed by atoms with E-state index in [0.717, 1.165) is 16.7 Å². The van der Waals surface area contributed by atoms with Gasteiger partial charge in [0.1, 0.15) is 16.5 Å². The molecule has 0 unspecified atom stereocenters. The topological polar surface area (TPSA) is 50.5 Å². The summed E-state index contributed by atoms with van der Waals surface area (Å²) in [5, 5.41) is 1.20. The zero-order chi connectivity index (χ0) is 17.4. The molecule has 1 fully saturated rings. The van der Waals surface area contributed by atoms with Gasteiger partial charge in [-0.15, -0.1) is 11.8 Å². The van der Waals surface area contributed by atoms with E-state index in [4.69, 9.17) is 16.0 Å². The summed E-state index contributed by atoms with van der Waals surface area (Å²) in [5.74, 6) is 0.497. The third kappa shape index (κ3) is 3.05. The molecule has 2 aromatic carbocycles. The maximum Gasteiger partial charge on any atom is 0.349 e. The van der Waals surface area contributed by atoms with Gasteiger partial charge >= 0.3 is 5.63 Å². The molecular weight excluding hydrogens is 358 g/mol. The SMILES string of the molecule is O=C(c1cc2ccccc2oc1=O)N1CCS[C@@H]1c1cccc(Cl)c1. The van der Waals surface area contributed by atoms with Crippen LogP contribution in [0, 0.1) is 0 Å². The molecule has 1 aromatic heterocycles. The number of benzene rings is 2. The molecule has 6 heteroatoms. The Morgan fingerprint density at radius 3 is 2.84 bits per heavy atom. The number of nitrogens with zero attached hydrogens (tertiary/aromatic N) is 1. The summed E-state index contributed by atoms with van der Waals surface area (Å²) < 4.78 is 5.30. The summed E-state index contributed by atoms with van der Waals surface area (Å²) in [6.07, 6.45) is 0. The first-order valence-electron chi connectivity index (χ1n) is 7.84. The van der Waals surface area contributed by atoms with E-state index in [2.05, 4.69) is 0 Å². The van der Waals surface area contributed by atoms with E-state index in [-0.39, 0.29) is 16.8 Å². The van der Waals surface area contributed by atoms with Gasteiger partial charge in [0.25, 0.3) is 5.91 Å². The third-order valence-electron chi connectivity index (χ3n) is 4.16. The van der Waals surface area contributed by atoms with Crippen molar-refractivity contribution in [1.82, 2.24) is 4.90 Å². The molecule has 0 N–H and O–H groups in total. The normalized spacial score (nSPS) is 17.2. The van der Waals surface area contributed by atoms with Crippen molar-refractivity contribution in [3.8, 4) is 0 Å². The van der Waals surface area contributed by atoms with Crippen molar-refractivity contribution in [3.05, 3.63) is 81.2 Å². The summed E-state index contributed by atoms with van der Waals surface area (Å²) in [7, 11) is 0. The molecular formula is C19H14ClNO3S. The third-order valence-corrected chi connectivity index (χ3v) is 5.65. The van der Waals surface area contributed by atoms with Crippen molar-refractivity contribution in [2.24, 2.45) is 0 Å². The molecule has 25 heavy (non-hydrogen) atoms. The van der Waals surface area contributed by atoms with Crippen molar-refractivity contribution in [1.29, 1.82) is 0 Å². The smallest absolute Gasteiger partial charge is 0.349 e. The molecule has 1 saturated heterocycles. The number of para-hydroxylation sites is 1. The van der Waals surface area contributed by atoms with Crippen LogP contribution in [0.15, 0.2) is 63.8 Å². The van der Waals surface area contributed by atoms with Crippen LogP contribution in [-0.4, -0.2) is 23.1 Å². The Hall–Kier alpha value is -2.24. The van der Waals surface area contributed by atoms with Gasteiger partial charge in [-0.2, -0.15) is 0 Å². The average molecular weight is 372 g/mol. The lowest BCUT2D eigenvalue weighted by molar-refractivity contribution is 0.0756. The van der Waals surface area contributed by atoms with Gasteiger partial charge < -0.3 is 9.32 Å². The van der Waals surface area contributed by atoms with Crippen LogP contribution < -0.4 is 5.63 Å². The lowest BCUT2D eigenvalue weighted by Gasteiger charge is -2.24. The number of rotatable bonds is 2. The highest BCUT2D eigenvalue weighted by molar-refractivity contribution is 7.99. The van der Waals surface area contributed by atoms with Crippen molar-refractivity contribution in [2.75, 3.05) is 12.3 Å². The Morgan fingerprint density at radius 1 is 1.16 bits per heavy atom. The number of thioether (sulfide) groups is 1. The van der Waals surface area contributed by atoms with E-state index in [9.17, 15) is 9.59 Å². The molecule has 1 aliphatic rings. The van der Waals surface area contributed by atoms with Crippen molar-refractivity contribution in [2.45, 2.75) is 5.37 Å². The zero-order valence-electron chi connectivity index (χ0n) is 13.1. The van der Waals surface area contributed by atoms with Crippen LogP contribution in [0.3, 0.4) is 0 Å². The minimum Gasteiger partial charge on any atom is -0.422 e. The first kappa shape index (κ1) is 16.2. The minimum absolute atomic E-state index is 0.0632. The van der Waals surface area contributed by atoms with Gasteiger partial charge in [0.15, 0.2) is 0 Å². The number of carbonyl (C=O) groups is 1. The molecule has 0 spiro atoms. The Labute approximate surface area is 153 Å². The van der Waals surface area contributed by atoms with Crippen LogP contribution in [0.2, 0.25) is 5.02 Å². The first-order chi connectivity index (χ1) is 12.1. The van der Waals surface area contributed by atoms with Crippen molar-refractivity contribution >= 4 is 40.2 Å². The van der Waals surface area contributed by atoms with Gasteiger partial charge in [0.2, 0.25) is 0 Å². The number of hydrogen-bond donors (Lipinski definition) is 0. The van der Waals surface area contributed by atoms with Gasteiger partial charge in [-0.25, -0.2) is 4.79 Å². The maximum absolute atomic E-state index is 13.0. The van der Waals surface area contributed by atoms with Crippen molar-refractivity contribution in [3.63, 3.8) is 0 Å². The molecule has 0 bridgehead atoms. The van der Waals surface area contributed by atoms with Gasteiger partial charge in [-0.05, 0) is 29.8 Å². The van der Waals surface area contributed by atoms with Crippen LogP contribution in [0.25, 0.3) is 11.0 Å². The molecule has 1 atom stereocenters. The van der Waals surface area contributed by atoms with Crippen molar-refractivity contribution < 1.29 is 9.21 Å². The van der Waals surface area contributed by atoms with Gasteiger partial charge in [-0.3, -0.25) is 4.79 Å². The molecule has 4 rings (SSSR count). The number of halogens is 1. The van der Waals surface area contributed by atoms with E-state index in [0.29, 0.717) is 17.2 Å². The van der Waals surface area contributed by atoms with E-state index in [1.54, 1.807) is 40.9 Å². The number of carbonyl (C=O) groups excluding carboxylic acids is 1. The predicted molar refractivity (Wildman–Crippen MR) is 100 cm³/mol. The number of amides is 1. The molecule has 126 valence electrons. The monoisotopic (exact) mass is 371 g/mol. The molecule has 1 aliphatic heterocycles. The quantitative estimate of drug-likeness (QED) is 0.629. The average Bonchev–Trinajstić information content (AvgIpc) is 3.10. The fraction of sp³-hybridized carbons (Fsp3) is 0.158. The highest BCUT2D eigenvalue weighted by Gasteiger charge is 2.33. The summed E-state index contributed by atoms with van der Waals surface area (Å²) in [5.41, 5.74) is 0.887. The van der Waals surface area contributed by atoms with Gasteiger partial charge in [-0.1, -0.05) is 41.9 Å². The molecule has 4 nitrogen and oxygen atoms in total. The van der Waals surface area contributed by atoms with Crippen LogP contribution in [0.5, 0.6) is 0 Å². The first-order valence-corrected chi connectivity index (χ1v) is 9.27. The lowest BCUT2D eigenvalue weighted by atomic mass is 10.1. The second-order valence-corrected chi connectivity index (χ2v) is 7.39. The molecule has 0 saturated carbocycles. The largest absolute Gasteiger partial charge is 0.422 e. The highest BCUT2D eigenvalue weighted by atomic mass is 35.5. The van der Waals surface area contributed by atoms with Crippen LogP contribution in [-0.2, 0) is 0 Å². The molecule has 2 heterocycles. The predicted octanol–water partition coefficient (Wildman–Crippen LogP) is 4.33. The fourth-order valence-electron chi connectivity index (χ4n) is 2.98. The van der Waals surface area contributed by atoms with Crippen LogP contribution >= 0.6 is 23.4 Å². The van der Waals surface area contributed by atoms with E-state index in [1.807, 2.05) is 30.3 Å². The molecule has 0 aliphatic carbocycles. The second-order valence-electron chi connectivity index (χ2n) is 5.76. The van der Waals surface area contributed by atoms with Crippen LogP contribution in [0.1, 0.15) is 21.3 Å². The summed E-state index contributed by atoms with van der Waals surface area (Å²) in [6, 6.07) is 16.2. The summed E-state index contributed by atoms with van der Waals surface area (Å²) >= 11 is 7.74. The zero-order valence-corrected chi connectivity index (χ0v) is 14.7. The van der Waals surface area contributed by atoms with Gasteiger partial charge in [0.05, 0.1) is 0 Å². The fourth-order valence-corrected chi connectivity index (χ4v) is 4.42. The Morgan fingerprint density at radius 2 is 2.00 bits per heavy atom. The Balaban J connectivity index is 1.72. The minimum atomic E-state index is -0.606. The maximum atomic E-state index is 13.0. The Kier molecular flexibility index (Phi) is 4.27. The molecule has 0 radical (unpaired) electrons. The van der Waals surface area contributed by atoms with E-state index in [1.165, 1.54) is 0 Å². The number of fused-ring (bicyclic) bond motifs is 1. The summed E-state index contributed by atoms with van der Waals surface area (Å²) in [4.78, 5) is 27.0. The number of hydrogen-bond acceptors (Lipinski definition) is 4. The highest BCUT2D eigenvalue weighted by Crippen LogP contribution is 2.39. The Bertz CT molecular complexity index is 1020. The standard InChI is InChI=1S/C19H14ClNO3S/c20-14-6-3-5-13(10-14)18-21(8-9-25-18)17(22)15-11-12-4-1-2-7-16(12)24-19(15)23/h1-7,10-11,18H,8-9H2/t18-/m1/s1. The second kappa shape index (κ2) is 6.58. The molecule has 3 aromatic rings. The lowest BCUT2D eigenvalue weighted by Crippen LogP contribution is -2.33. The van der Waals surface area contributed by atoms with E-state index >= 15 is 0 Å². The van der Waals surface area contributed by atoms with E-state index < -0.39 is 5.63 Å². The van der Waals surface area contributed by atoms with Crippen LogP contribution in [0.4, 0.5) is 0 Å². The molecule has 1 amide bonds.